The van der Waals surface area contributed by atoms with E-state index in [9.17, 15) is 9.59 Å². The van der Waals surface area contributed by atoms with Crippen LogP contribution in [-0.2, 0) is 9.53 Å². The molecule has 2 atom stereocenters. The van der Waals surface area contributed by atoms with Crippen LogP contribution in [0.3, 0.4) is 0 Å². The Morgan fingerprint density at radius 1 is 1.00 bits per heavy atom. The van der Waals surface area contributed by atoms with Gasteiger partial charge in [-0.15, -0.1) is 0 Å². The van der Waals surface area contributed by atoms with Crippen LogP contribution in [0.5, 0.6) is 5.75 Å². The fourth-order valence-electron chi connectivity index (χ4n) is 4.59. The highest BCUT2D eigenvalue weighted by molar-refractivity contribution is 6.08. The second-order valence-electron chi connectivity index (χ2n) is 8.33. The molecule has 8 nitrogen and oxygen atoms in total. The number of nitrogens with zero attached hydrogens (tertiary/aromatic N) is 2. The molecule has 1 aliphatic heterocycles. The molecule has 1 aliphatic rings. The van der Waals surface area contributed by atoms with Gasteiger partial charge in [0.15, 0.2) is 0 Å². The molecule has 2 unspecified atom stereocenters. The van der Waals surface area contributed by atoms with Crippen LogP contribution < -0.4 is 10.1 Å². The van der Waals surface area contributed by atoms with Crippen LogP contribution in [0.25, 0.3) is 33.3 Å². The van der Waals surface area contributed by atoms with Gasteiger partial charge in [-0.2, -0.15) is 0 Å². The summed E-state index contributed by atoms with van der Waals surface area (Å²) >= 11 is 0. The summed E-state index contributed by atoms with van der Waals surface area (Å²) in [6.07, 6.45) is 3.73. The van der Waals surface area contributed by atoms with Gasteiger partial charge in [-0.3, -0.25) is 4.79 Å². The number of aromatic nitrogens is 2. The number of hydrogen-bond acceptors (Lipinski definition) is 5. The minimum absolute atomic E-state index is 0.424. The third-order valence-corrected chi connectivity index (χ3v) is 6.30. The molecule has 0 spiro atoms. The molecule has 5 rings (SSSR count). The van der Waals surface area contributed by atoms with Crippen molar-refractivity contribution in [2.75, 3.05) is 14.2 Å². The van der Waals surface area contributed by atoms with Gasteiger partial charge in [-0.25, -0.2) is 14.8 Å². The summed E-state index contributed by atoms with van der Waals surface area (Å²) in [6, 6.07) is 16.6. The van der Waals surface area contributed by atoms with Gasteiger partial charge in [0.2, 0.25) is 0 Å². The lowest BCUT2D eigenvalue weighted by atomic mass is 9.87. The molecule has 0 radical (unpaired) electrons. The molecule has 2 N–H and O–H groups in total. The number of rotatable bonds is 5. The van der Waals surface area contributed by atoms with E-state index in [-0.39, 0.29) is 0 Å². The number of nitrogens with one attached hydrogen (secondary N) is 2. The minimum Gasteiger partial charge on any atom is -0.496 e. The van der Waals surface area contributed by atoms with E-state index in [1.807, 2.05) is 54.7 Å². The number of ether oxygens (including phenoxy) is 2. The topological polar surface area (TPSA) is 106 Å². The fourth-order valence-corrected chi connectivity index (χ4v) is 4.59. The number of carbonyl (C=O) groups is 2. The Labute approximate surface area is 202 Å². The van der Waals surface area contributed by atoms with E-state index in [2.05, 4.69) is 26.3 Å². The Morgan fingerprint density at radius 2 is 1.83 bits per heavy atom. The molecular weight excluding hydrogens is 444 g/mol. The lowest BCUT2D eigenvalue weighted by molar-refractivity contribution is -0.143. The second-order valence-corrected chi connectivity index (χ2v) is 8.33. The van der Waals surface area contributed by atoms with Crippen molar-refractivity contribution >= 4 is 28.7 Å². The molecule has 0 bridgehead atoms. The Hall–Kier alpha value is -4.46. The fraction of sp³-hybridized carbons (Fsp3) is 0.185. The van der Waals surface area contributed by atoms with Crippen molar-refractivity contribution in [1.29, 1.82) is 0 Å². The predicted octanol–water partition coefficient (Wildman–Crippen LogP) is 4.92. The van der Waals surface area contributed by atoms with Crippen LogP contribution in [0, 0.1) is 5.92 Å². The van der Waals surface area contributed by atoms with Crippen molar-refractivity contribution in [2.45, 2.75) is 13.0 Å². The van der Waals surface area contributed by atoms with Gasteiger partial charge in [-0.05, 0) is 36.2 Å². The Morgan fingerprint density at radius 3 is 2.63 bits per heavy atom. The second kappa shape index (κ2) is 9.06. The summed E-state index contributed by atoms with van der Waals surface area (Å²) in [5.41, 5.74) is 5.73. The SMILES string of the molecule is COC(=O)C1C(C)=NC(=O)NC1c1cccc(-c2cnc3[nH]cc(-c4ccccc4OC)c3c2)c1. The number of amides is 2. The van der Waals surface area contributed by atoms with Gasteiger partial charge < -0.3 is 19.8 Å². The number of aromatic amines is 1. The number of hydrogen-bond donors (Lipinski definition) is 2. The first-order valence-electron chi connectivity index (χ1n) is 11.1. The number of fused-ring (bicyclic) bond motifs is 1. The molecule has 0 fully saturated rings. The number of H-pyrrole nitrogens is 1. The van der Waals surface area contributed by atoms with Crippen LogP contribution in [0.15, 0.2) is 72.0 Å². The van der Waals surface area contributed by atoms with Gasteiger partial charge in [0.05, 0.1) is 20.3 Å². The summed E-state index contributed by atoms with van der Waals surface area (Å²) in [7, 11) is 2.98. The zero-order valence-electron chi connectivity index (χ0n) is 19.5. The summed E-state index contributed by atoms with van der Waals surface area (Å²) in [6.45, 7) is 1.67. The Balaban J connectivity index is 1.57. The van der Waals surface area contributed by atoms with Crippen LogP contribution in [-0.4, -0.2) is 41.9 Å². The van der Waals surface area contributed by atoms with Crippen molar-refractivity contribution in [3.05, 3.63) is 72.6 Å². The van der Waals surface area contributed by atoms with E-state index in [0.717, 1.165) is 44.6 Å². The van der Waals surface area contributed by atoms with Crippen molar-refractivity contribution in [2.24, 2.45) is 10.9 Å². The largest absolute Gasteiger partial charge is 0.496 e. The van der Waals surface area contributed by atoms with E-state index in [1.54, 1.807) is 20.2 Å². The molecule has 3 heterocycles. The van der Waals surface area contributed by atoms with Crippen molar-refractivity contribution in [3.63, 3.8) is 0 Å². The monoisotopic (exact) mass is 468 g/mol. The number of methoxy groups -OCH3 is 2. The highest BCUT2D eigenvalue weighted by Gasteiger charge is 2.37. The number of carbonyl (C=O) groups excluding carboxylic acids is 2. The molecular formula is C27H24N4O4. The average molecular weight is 469 g/mol. The van der Waals surface area contributed by atoms with Gasteiger partial charge in [0.1, 0.15) is 17.3 Å². The van der Waals surface area contributed by atoms with E-state index < -0.39 is 24.0 Å². The summed E-state index contributed by atoms with van der Waals surface area (Å²) < 4.78 is 10.5. The third kappa shape index (κ3) is 4.03. The van der Waals surface area contributed by atoms with Gasteiger partial charge in [0, 0.05) is 40.2 Å². The number of esters is 1. The zero-order chi connectivity index (χ0) is 24.5. The maximum atomic E-state index is 12.5. The first-order chi connectivity index (χ1) is 17.0. The highest BCUT2D eigenvalue weighted by atomic mass is 16.5. The van der Waals surface area contributed by atoms with Crippen LogP contribution >= 0.6 is 0 Å². The van der Waals surface area contributed by atoms with Crippen LogP contribution in [0.2, 0.25) is 0 Å². The van der Waals surface area contributed by atoms with Gasteiger partial charge in [0.25, 0.3) is 0 Å². The Bertz CT molecular complexity index is 1470. The minimum atomic E-state index is -0.699. The predicted molar refractivity (Wildman–Crippen MR) is 133 cm³/mol. The van der Waals surface area contributed by atoms with E-state index in [4.69, 9.17) is 9.47 Å². The molecule has 35 heavy (non-hydrogen) atoms. The number of aliphatic imine (C=N–C) groups is 1. The van der Waals surface area contributed by atoms with E-state index >= 15 is 0 Å². The van der Waals surface area contributed by atoms with E-state index in [1.165, 1.54) is 7.11 Å². The quantitative estimate of drug-likeness (QED) is 0.405. The molecule has 176 valence electrons. The lowest BCUT2D eigenvalue weighted by Crippen LogP contribution is -2.44. The van der Waals surface area contributed by atoms with Crippen molar-refractivity contribution in [1.82, 2.24) is 15.3 Å². The molecule has 0 saturated heterocycles. The summed E-state index contributed by atoms with van der Waals surface area (Å²) in [5.74, 6) is -0.367. The average Bonchev–Trinajstić information content (AvgIpc) is 3.31. The molecule has 2 amide bonds. The highest BCUT2D eigenvalue weighted by Crippen LogP contribution is 2.37. The van der Waals surface area contributed by atoms with Gasteiger partial charge >= 0.3 is 12.0 Å². The van der Waals surface area contributed by atoms with Crippen molar-refractivity contribution in [3.8, 4) is 28.0 Å². The molecule has 8 heteroatoms. The maximum Gasteiger partial charge on any atom is 0.341 e. The number of benzene rings is 2. The summed E-state index contributed by atoms with van der Waals surface area (Å²) in [4.78, 5) is 36.4. The molecule has 2 aromatic carbocycles. The standard InChI is InChI=1S/C27H24N4O4/c1-15-23(26(32)35-3)24(31-27(33)30-15)17-8-6-7-16(11-17)18-12-20-21(14-29-25(20)28-13-18)19-9-4-5-10-22(19)34-2/h4-14,23-24H,1-3H3,(H,28,29)(H,31,33). The zero-order valence-corrected chi connectivity index (χ0v) is 19.5. The van der Waals surface area contributed by atoms with Gasteiger partial charge in [-0.1, -0.05) is 36.4 Å². The normalized spacial score (nSPS) is 17.6. The lowest BCUT2D eigenvalue weighted by Gasteiger charge is -2.29. The number of urea groups is 1. The Kier molecular flexibility index (Phi) is 5.78. The third-order valence-electron chi connectivity index (χ3n) is 6.30. The molecule has 0 aliphatic carbocycles. The smallest absolute Gasteiger partial charge is 0.341 e. The first-order valence-corrected chi connectivity index (χ1v) is 11.1. The molecule has 2 aromatic heterocycles. The number of pyridine rings is 1. The number of para-hydroxylation sites is 1. The molecule has 0 saturated carbocycles. The van der Waals surface area contributed by atoms with Crippen LogP contribution in [0.4, 0.5) is 4.79 Å². The maximum absolute atomic E-state index is 12.5. The molecule has 4 aromatic rings. The van der Waals surface area contributed by atoms with Crippen molar-refractivity contribution < 1.29 is 19.1 Å². The first kappa shape index (κ1) is 22.3. The van der Waals surface area contributed by atoms with E-state index in [0.29, 0.717) is 5.71 Å². The van der Waals surface area contributed by atoms with Crippen LogP contribution in [0.1, 0.15) is 18.5 Å². The summed E-state index contributed by atoms with van der Waals surface area (Å²) in [5, 5.41) is 3.77.